The van der Waals surface area contributed by atoms with Crippen molar-refractivity contribution in [3.63, 3.8) is 0 Å². The Hall–Kier alpha value is -8.12. The van der Waals surface area contributed by atoms with Gasteiger partial charge >= 0.3 is 0 Å². The van der Waals surface area contributed by atoms with Crippen molar-refractivity contribution in [3.05, 3.63) is 251 Å². The quantitative estimate of drug-likeness (QED) is 0.116. The highest BCUT2D eigenvalue weighted by Crippen LogP contribution is 2.54. The van der Waals surface area contributed by atoms with E-state index in [4.69, 9.17) is 0 Å². The van der Waals surface area contributed by atoms with Crippen LogP contribution < -0.4 is 46.9 Å². The molecule has 1 aromatic heterocycles. The van der Waals surface area contributed by atoms with Gasteiger partial charge in [-0.1, -0.05) is 303 Å². The second-order valence-electron chi connectivity index (χ2n) is 34.3. The summed E-state index contributed by atoms with van der Waals surface area (Å²) in [4.78, 5) is 5.59. The van der Waals surface area contributed by atoms with E-state index in [2.05, 4.69) is 372 Å². The van der Waals surface area contributed by atoms with Crippen LogP contribution in [0.15, 0.2) is 212 Å². The Bertz CT molecular complexity index is 4480. The summed E-state index contributed by atoms with van der Waals surface area (Å²) >= 11 is 0. The molecule has 0 aliphatic carbocycles. The highest BCUT2D eigenvalue weighted by Gasteiger charge is 2.49. The fraction of sp³-hybridized carbons (Fsp3) is 0.318. The van der Waals surface area contributed by atoms with Crippen LogP contribution in [-0.2, 0) is 37.9 Å². The number of fused-ring (bicyclic) bond motifs is 7. The molecular weight excluding hydrogens is 1140 g/mol. The van der Waals surface area contributed by atoms with Crippen LogP contribution in [0.3, 0.4) is 0 Å². The van der Waals surface area contributed by atoms with Crippen molar-refractivity contribution in [3.8, 4) is 5.69 Å². The van der Waals surface area contributed by atoms with Crippen molar-refractivity contribution in [2.45, 2.75) is 183 Å². The molecular formula is C88H98BN3Si. The average Bonchev–Trinajstić information content (AvgIpc) is 1.02. The van der Waals surface area contributed by atoms with E-state index >= 15 is 0 Å². The number of aromatic nitrogens is 1. The second kappa shape index (κ2) is 22.0. The zero-order valence-corrected chi connectivity index (χ0v) is 60.6. The van der Waals surface area contributed by atoms with Gasteiger partial charge in [-0.05, 0) is 169 Å². The molecule has 2 aliphatic heterocycles. The number of hydrogen-bond donors (Lipinski definition) is 0. The normalized spacial score (nSPS) is 14.0. The third kappa shape index (κ3) is 10.6. The molecule has 0 saturated heterocycles. The number of anilines is 6. The van der Waals surface area contributed by atoms with Crippen molar-refractivity contribution in [2.75, 3.05) is 9.80 Å². The van der Waals surface area contributed by atoms with Gasteiger partial charge in [-0.15, -0.1) is 0 Å². The molecule has 5 heteroatoms. The molecule has 0 spiro atoms. The van der Waals surface area contributed by atoms with Crippen LogP contribution in [0, 0.1) is 0 Å². The highest BCUT2D eigenvalue weighted by molar-refractivity contribution is 7.20. The van der Waals surface area contributed by atoms with Gasteiger partial charge in [0.05, 0.1) is 22.4 Å². The third-order valence-corrected chi connectivity index (χ3v) is 25.3. The zero-order valence-electron chi connectivity index (χ0n) is 59.6. The Morgan fingerprint density at radius 2 is 0.634 bits per heavy atom. The lowest BCUT2D eigenvalue weighted by molar-refractivity contribution is 0.569. The lowest BCUT2D eigenvalue weighted by Crippen LogP contribution is -2.75. The SMILES string of the molecule is CC(C)(C)c1cc2c3c(c1)N(c1c(C(C)(C)C)cccc1C(C)(C)C)c1cc([Si](c4ccccc4)(c4ccccc4)c4ccccc4)ccc1B3c1ccc(-n3c4ccc(C(C)(C)C)cc4c4cc(C(C)(C)C)ccc43)cc1N2c1c(C(C)(C)C)cccc1C(C)(C)C. The van der Waals surface area contributed by atoms with E-state index in [-0.39, 0.29) is 44.6 Å². The fourth-order valence-electron chi connectivity index (χ4n) is 15.6. The van der Waals surface area contributed by atoms with Crippen LogP contribution in [0.5, 0.6) is 0 Å². The number of rotatable bonds is 7. The van der Waals surface area contributed by atoms with Crippen LogP contribution in [0.4, 0.5) is 34.1 Å². The Kier molecular flexibility index (Phi) is 15.0. The van der Waals surface area contributed by atoms with Gasteiger partial charge in [0, 0.05) is 39.2 Å². The molecule has 0 N–H and O–H groups in total. The monoisotopic (exact) mass is 1240 g/mol. The first-order valence-corrected chi connectivity index (χ1v) is 36.2. The van der Waals surface area contributed by atoms with Crippen LogP contribution in [0.25, 0.3) is 27.5 Å². The fourth-order valence-corrected chi connectivity index (χ4v) is 20.3. The predicted octanol–water partition coefficient (Wildman–Crippen LogP) is 19.3. The molecule has 93 heavy (non-hydrogen) atoms. The molecule has 2 aliphatic rings. The largest absolute Gasteiger partial charge is 0.311 e. The summed E-state index contributed by atoms with van der Waals surface area (Å²) in [6.07, 6.45) is 0. The van der Waals surface area contributed by atoms with Gasteiger partial charge in [0.25, 0.3) is 6.71 Å². The summed E-state index contributed by atoms with van der Waals surface area (Å²) in [6, 6.07) is 84.0. The molecule has 11 aromatic rings. The van der Waals surface area contributed by atoms with E-state index in [1.807, 2.05) is 0 Å². The van der Waals surface area contributed by atoms with Crippen molar-refractivity contribution in [1.82, 2.24) is 4.57 Å². The molecule has 3 nitrogen and oxygen atoms in total. The van der Waals surface area contributed by atoms with Gasteiger partial charge in [-0.2, -0.15) is 0 Å². The van der Waals surface area contributed by atoms with Crippen molar-refractivity contribution < 1.29 is 0 Å². The third-order valence-electron chi connectivity index (χ3n) is 20.5. The maximum Gasteiger partial charge on any atom is 0.252 e. The average molecular weight is 1240 g/mol. The Balaban J connectivity index is 1.23. The summed E-state index contributed by atoms with van der Waals surface area (Å²) in [5, 5.41) is 8.02. The number of hydrogen-bond acceptors (Lipinski definition) is 2. The van der Waals surface area contributed by atoms with Crippen LogP contribution in [-0.4, -0.2) is 19.4 Å². The van der Waals surface area contributed by atoms with Gasteiger partial charge in [-0.3, -0.25) is 0 Å². The first-order chi connectivity index (χ1) is 43.6. The summed E-state index contributed by atoms with van der Waals surface area (Å²) in [7, 11) is -3.08. The molecule has 13 rings (SSSR count). The van der Waals surface area contributed by atoms with E-state index in [1.165, 1.54) is 132 Å². The molecule has 3 heterocycles. The molecule has 0 atom stereocenters. The molecule has 472 valence electrons. The Labute approximate surface area is 559 Å². The molecule has 0 unspecified atom stereocenters. The van der Waals surface area contributed by atoms with Gasteiger partial charge in [0.15, 0.2) is 8.07 Å². The highest BCUT2D eigenvalue weighted by atomic mass is 28.3. The zero-order chi connectivity index (χ0) is 66.5. The number of nitrogens with zero attached hydrogens (tertiary/aromatic N) is 3. The first kappa shape index (κ1) is 63.6. The molecule has 0 fully saturated rings. The van der Waals surface area contributed by atoms with Gasteiger partial charge in [0.1, 0.15) is 0 Å². The second-order valence-corrected chi connectivity index (χ2v) is 38.2. The number of para-hydroxylation sites is 2. The topological polar surface area (TPSA) is 11.4 Å². The van der Waals surface area contributed by atoms with Gasteiger partial charge < -0.3 is 14.4 Å². The summed E-state index contributed by atoms with van der Waals surface area (Å²) < 4.78 is 2.58. The van der Waals surface area contributed by atoms with E-state index in [0.29, 0.717) is 0 Å². The van der Waals surface area contributed by atoms with Crippen molar-refractivity contribution >= 4 is 108 Å². The lowest BCUT2D eigenvalue weighted by atomic mass is 9.33. The number of benzene rings is 10. The first-order valence-electron chi connectivity index (χ1n) is 34.2. The predicted molar refractivity (Wildman–Crippen MR) is 409 cm³/mol. The lowest BCUT2D eigenvalue weighted by Gasteiger charge is -2.48. The standard InChI is InChI=1S/C88H98BN3Si/c1-82(2,3)57-43-49-73-65(51-57)66-52-58(83(4,5)6)44-50-74(66)90(73)60-45-47-71-75(55-60)91(80-67(85(10,11)12)39-31-40-68(80)86(13,14)15)77-53-59(84(7,8)9)54-78-79(77)89(71)72-48-46-64(56-76(72)92(78)81-69(87(16,17)18)41-32-42-70(81)88(19,20)21)93(61-33-25-22-26-34-61,62-35-27-23-28-36-62)63-37-29-24-30-38-63/h22-56H,1-21H3. The van der Waals surface area contributed by atoms with Crippen LogP contribution >= 0.6 is 0 Å². The molecule has 0 saturated carbocycles. The minimum Gasteiger partial charge on any atom is -0.311 e. The van der Waals surface area contributed by atoms with Crippen molar-refractivity contribution in [2.24, 2.45) is 0 Å². The molecule has 0 radical (unpaired) electrons. The summed E-state index contributed by atoms with van der Waals surface area (Å²) in [6.45, 7) is 50.1. The Morgan fingerprint density at radius 1 is 0.280 bits per heavy atom. The summed E-state index contributed by atoms with van der Waals surface area (Å²) in [5.41, 5.74) is 23.2. The van der Waals surface area contributed by atoms with E-state index in [0.717, 1.165) is 5.69 Å². The smallest absolute Gasteiger partial charge is 0.252 e. The van der Waals surface area contributed by atoms with E-state index in [1.54, 1.807) is 0 Å². The maximum absolute atomic E-state index is 3.08. The van der Waals surface area contributed by atoms with Crippen molar-refractivity contribution in [1.29, 1.82) is 0 Å². The Morgan fingerprint density at radius 3 is 0.989 bits per heavy atom. The minimum atomic E-state index is -3.08. The van der Waals surface area contributed by atoms with Gasteiger partial charge in [-0.25, -0.2) is 0 Å². The van der Waals surface area contributed by atoms with E-state index < -0.39 is 8.07 Å². The minimum absolute atomic E-state index is 0.0238. The molecule has 0 amide bonds. The molecule has 0 bridgehead atoms. The van der Waals surface area contributed by atoms with Gasteiger partial charge in [0.2, 0.25) is 0 Å². The molecule has 10 aromatic carbocycles. The van der Waals surface area contributed by atoms with Crippen LogP contribution in [0.1, 0.15) is 184 Å². The van der Waals surface area contributed by atoms with Crippen LogP contribution in [0.2, 0.25) is 0 Å². The maximum atomic E-state index is 2.80. The summed E-state index contributed by atoms with van der Waals surface area (Å²) in [5.74, 6) is 0. The van der Waals surface area contributed by atoms with E-state index in [9.17, 15) is 0 Å².